The summed E-state index contributed by atoms with van der Waals surface area (Å²) in [5, 5.41) is 3.36. The second-order valence-corrected chi connectivity index (χ2v) is 7.43. The number of hydrogen-bond donors (Lipinski definition) is 2. The van der Waals surface area contributed by atoms with Crippen molar-refractivity contribution in [3.8, 4) is 0 Å². The molecule has 4 nitrogen and oxygen atoms in total. The molecule has 2 rings (SSSR count). The largest absolute Gasteiger partial charge is 0.382 e. The standard InChI is InChI=1S/C14H21FN2O2S/c1-10-4-3-5-11(8-10)16-12-6-7-13(15)14(9-12)17-20(2,18)19/h6-7,9-11,16-17H,3-5,8H2,1-2H3. The summed E-state index contributed by atoms with van der Waals surface area (Å²) >= 11 is 0. The molecule has 1 aromatic carbocycles. The molecule has 0 heterocycles. The summed E-state index contributed by atoms with van der Waals surface area (Å²) in [6.07, 6.45) is 5.63. The molecule has 20 heavy (non-hydrogen) atoms. The van der Waals surface area contributed by atoms with Gasteiger partial charge in [-0.1, -0.05) is 19.8 Å². The van der Waals surface area contributed by atoms with E-state index in [1.165, 1.54) is 25.0 Å². The molecule has 0 bridgehead atoms. The van der Waals surface area contributed by atoms with Crippen molar-refractivity contribution in [2.45, 2.75) is 38.6 Å². The maximum absolute atomic E-state index is 13.6. The van der Waals surface area contributed by atoms with Crippen molar-refractivity contribution in [1.29, 1.82) is 0 Å². The minimum absolute atomic E-state index is 0.0126. The van der Waals surface area contributed by atoms with Gasteiger partial charge in [0, 0.05) is 11.7 Å². The van der Waals surface area contributed by atoms with Gasteiger partial charge in [-0.15, -0.1) is 0 Å². The normalized spacial score (nSPS) is 23.4. The zero-order valence-electron chi connectivity index (χ0n) is 11.8. The summed E-state index contributed by atoms with van der Waals surface area (Å²) in [7, 11) is -3.48. The van der Waals surface area contributed by atoms with Crippen LogP contribution in [-0.4, -0.2) is 20.7 Å². The van der Waals surface area contributed by atoms with Crippen LogP contribution in [0.4, 0.5) is 15.8 Å². The molecule has 0 radical (unpaired) electrons. The maximum atomic E-state index is 13.6. The summed E-state index contributed by atoms with van der Waals surface area (Å²) in [6, 6.07) is 4.80. The molecule has 0 aromatic heterocycles. The summed E-state index contributed by atoms with van der Waals surface area (Å²) in [4.78, 5) is 0. The number of sulfonamides is 1. The van der Waals surface area contributed by atoms with Crippen LogP contribution in [0.5, 0.6) is 0 Å². The van der Waals surface area contributed by atoms with Gasteiger partial charge < -0.3 is 5.32 Å². The Kier molecular flexibility index (Phi) is 4.52. The van der Waals surface area contributed by atoms with Gasteiger partial charge in [-0.3, -0.25) is 4.72 Å². The molecule has 6 heteroatoms. The molecular weight excluding hydrogens is 279 g/mol. The molecule has 2 N–H and O–H groups in total. The number of nitrogens with one attached hydrogen (secondary N) is 2. The summed E-state index contributed by atoms with van der Waals surface area (Å²) in [5.41, 5.74) is 0.734. The first-order valence-electron chi connectivity index (χ1n) is 6.87. The van der Waals surface area contributed by atoms with E-state index in [0.717, 1.165) is 24.8 Å². The van der Waals surface area contributed by atoms with Crippen molar-refractivity contribution < 1.29 is 12.8 Å². The molecular formula is C14H21FN2O2S. The molecule has 1 aromatic rings. The highest BCUT2D eigenvalue weighted by molar-refractivity contribution is 7.92. The van der Waals surface area contributed by atoms with Gasteiger partial charge in [-0.25, -0.2) is 12.8 Å². The van der Waals surface area contributed by atoms with E-state index in [2.05, 4.69) is 17.0 Å². The van der Waals surface area contributed by atoms with E-state index in [-0.39, 0.29) is 5.69 Å². The Labute approximate surface area is 119 Å². The third-order valence-electron chi connectivity index (χ3n) is 3.57. The van der Waals surface area contributed by atoms with Crippen molar-refractivity contribution in [2.24, 2.45) is 5.92 Å². The lowest BCUT2D eigenvalue weighted by Gasteiger charge is -2.28. The lowest BCUT2D eigenvalue weighted by molar-refractivity contribution is 0.358. The Morgan fingerprint density at radius 3 is 2.70 bits per heavy atom. The van der Waals surface area contributed by atoms with Crippen molar-refractivity contribution in [1.82, 2.24) is 0 Å². The fourth-order valence-corrected chi connectivity index (χ4v) is 3.25. The van der Waals surface area contributed by atoms with Crippen LogP contribution in [0.25, 0.3) is 0 Å². The van der Waals surface area contributed by atoms with Crippen molar-refractivity contribution in [2.75, 3.05) is 16.3 Å². The second-order valence-electron chi connectivity index (χ2n) is 5.68. The van der Waals surface area contributed by atoms with E-state index in [0.29, 0.717) is 12.0 Å². The van der Waals surface area contributed by atoms with Crippen LogP contribution in [-0.2, 0) is 10.0 Å². The van der Waals surface area contributed by atoms with Gasteiger partial charge >= 0.3 is 0 Å². The first kappa shape index (κ1) is 15.1. The van der Waals surface area contributed by atoms with Gasteiger partial charge in [0.2, 0.25) is 10.0 Å². The van der Waals surface area contributed by atoms with E-state index in [9.17, 15) is 12.8 Å². The van der Waals surface area contributed by atoms with Crippen molar-refractivity contribution in [3.63, 3.8) is 0 Å². The Hall–Kier alpha value is -1.30. The number of rotatable bonds is 4. The highest BCUT2D eigenvalue weighted by atomic mass is 32.2. The Bertz CT molecular complexity index is 575. The number of hydrogen-bond acceptors (Lipinski definition) is 3. The average molecular weight is 300 g/mol. The lowest BCUT2D eigenvalue weighted by atomic mass is 9.87. The topological polar surface area (TPSA) is 58.2 Å². The molecule has 2 unspecified atom stereocenters. The van der Waals surface area contributed by atoms with E-state index in [4.69, 9.17) is 0 Å². The minimum atomic E-state index is -3.48. The Morgan fingerprint density at radius 1 is 1.30 bits per heavy atom. The zero-order valence-corrected chi connectivity index (χ0v) is 12.6. The van der Waals surface area contributed by atoms with E-state index in [1.54, 1.807) is 6.07 Å². The fraction of sp³-hybridized carbons (Fsp3) is 0.571. The van der Waals surface area contributed by atoms with Crippen LogP contribution in [0, 0.1) is 11.7 Å². The molecule has 1 aliphatic rings. The van der Waals surface area contributed by atoms with Gasteiger partial charge in [0.15, 0.2) is 0 Å². The fourth-order valence-electron chi connectivity index (χ4n) is 2.69. The maximum Gasteiger partial charge on any atom is 0.229 e. The summed E-state index contributed by atoms with van der Waals surface area (Å²) in [5.74, 6) is 0.119. The first-order chi connectivity index (χ1) is 9.33. The van der Waals surface area contributed by atoms with Crippen molar-refractivity contribution >= 4 is 21.4 Å². The quantitative estimate of drug-likeness (QED) is 0.898. The predicted molar refractivity (Wildman–Crippen MR) is 79.9 cm³/mol. The first-order valence-corrected chi connectivity index (χ1v) is 8.76. The van der Waals surface area contributed by atoms with Crippen LogP contribution in [0.15, 0.2) is 18.2 Å². The molecule has 1 saturated carbocycles. The third-order valence-corrected chi connectivity index (χ3v) is 4.16. The van der Waals surface area contributed by atoms with E-state index < -0.39 is 15.8 Å². The predicted octanol–water partition coefficient (Wildman–Crippen LogP) is 3.19. The molecule has 0 amide bonds. The zero-order chi connectivity index (χ0) is 14.8. The molecule has 1 fully saturated rings. The minimum Gasteiger partial charge on any atom is -0.382 e. The van der Waals surface area contributed by atoms with Crippen LogP contribution in [0.1, 0.15) is 32.6 Å². The van der Waals surface area contributed by atoms with Crippen LogP contribution in [0.3, 0.4) is 0 Å². The number of benzene rings is 1. The smallest absolute Gasteiger partial charge is 0.229 e. The van der Waals surface area contributed by atoms with Gasteiger partial charge in [0.25, 0.3) is 0 Å². The molecule has 112 valence electrons. The van der Waals surface area contributed by atoms with Gasteiger partial charge in [0.1, 0.15) is 5.82 Å². The lowest BCUT2D eigenvalue weighted by Crippen LogP contribution is -2.26. The molecule has 0 spiro atoms. The van der Waals surface area contributed by atoms with Gasteiger partial charge in [-0.05, 0) is 37.0 Å². The highest BCUT2D eigenvalue weighted by Crippen LogP contribution is 2.28. The van der Waals surface area contributed by atoms with Gasteiger partial charge in [-0.2, -0.15) is 0 Å². The Morgan fingerprint density at radius 2 is 2.05 bits per heavy atom. The van der Waals surface area contributed by atoms with Crippen LogP contribution >= 0.6 is 0 Å². The Balaban J connectivity index is 2.10. The molecule has 1 aliphatic carbocycles. The van der Waals surface area contributed by atoms with E-state index in [1.807, 2.05) is 0 Å². The molecule has 2 atom stereocenters. The molecule has 0 saturated heterocycles. The summed E-state index contributed by atoms with van der Waals surface area (Å²) in [6.45, 7) is 2.23. The number of anilines is 2. The highest BCUT2D eigenvalue weighted by Gasteiger charge is 2.19. The summed E-state index contributed by atoms with van der Waals surface area (Å²) < 4.78 is 38.2. The van der Waals surface area contributed by atoms with Crippen molar-refractivity contribution in [3.05, 3.63) is 24.0 Å². The average Bonchev–Trinajstić information content (AvgIpc) is 2.32. The number of halogens is 1. The van der Waals surface area contributed by atoms with Crippen LogP contribution < -0.4 is 10.0 Å². The third kappa shape index (κ3) is 4.37. The monoisotopic (exact) mass is 300 g/mol. The van der Waals surface area contributed by atoms with Crippen LogP contribution in [0.2, 0.25) is 0 Å². The second kappa shape index (κ2) is 5.99. The van der Waals surface area contributed by atoms with Gasteiger partial charge in [0.05, 0.1) is 11.9 Å². The molecule has 0 aliphatic heterocycles. The SMILES string of the molecule is CC1CCCC(Nc2ccc(F)c(NS(C)(=O)=O)c2)C1. The van der Waals surface area contributed by atoms with E-state index >= 15 is 0 Å².